The lowest BCUT2D eigenvalue weighted by Crippen LogP contribution is -2.12. The van der Waals surface area contributed by atoms with Gasteiger partial charge in [0.25, 0.3) is 5.91 Å². The lowest BCUT2D eigenvalue weighted by Gasteiger charge is -2.08. The van der Waals surface area contributed by atoms with Crippen LogP contribution >= 0.6 is 23.3 Å². The van der Waals surface area contributed by atoms with E-state index in [0.29, 0.717) is 33.9 Å². The van der Waals surface area contributed by atoms with Crippen molar-refractivity contribution in [3.05, 3.63) is 52.5 Å². The Kier molecular flexibility index (Phi) is 3.83. The third-order valence-corrected chi connectivity index (χ3v) is 3.92. The molecule has 1 amide bonds. The van der Waals surface area contributed by atoms with E-state index < -0.39 is 0 Å². The predicted molar refractivity (Wildman–Crippen MR) is 84.7 cm³/mol. The maximum absolute atomic E-state index is 12.3. The molecule has 0 aliphatic carbocycles. The summed E-state index contributed by atoms with van der Waals surface area (Å²) in [5.74, 6) is -0.249. The average molecular weight is 319 g/mol. The quantitative estimate of drug-likeness (QED) is 0.777. The first-order valence-corrected chi connectivity index (χ1v) is 7.31. The van der Waals surface area contributed by atoms with Crippen molar-refractivity contribution in [1.29, 1.82) is 0 Å². The van der Waals surface area contributed by atoms with E-state index in [9.17, 15) is 4.79 Å². The Labute approximate surface area is 130 Å². The van der Waals surface area contributed by atoms with Gasteiger partial charge in [-0.05, 0) is 29.8 Å². The Bertz CT molecular complexity index is 800. The smallest absolute Gasteiger partial charge is 0.255 e. The molecule has 0 spiro atoms. The fourth-order valence-electron chi connectivity index (χ4n) is 1.92. The number of fused-ring (bicyclic) bond motifs is 1. The van der Waals surface area contributed by atoms with Gasteiger partial charge in [0.05, 0.1) is 22.4 Å². The third kappa shape index (κ3) is 2.73. The molecule has 0 fully saturated rings. The van der Waals surface area contributed by atoms with E-state index in [-0.39, 0.29) is 5.91 Å². The molecule has 0 bridgehead atoms. The Morgan fingerprint density at radius 2 is 1.95 bits per heavy atom. The van der Waals surface area contributed by atoms with E-state index in [1.54, 1.807) is 24.3 Å². The van der Waals surface area contributed by atoms with Crippen LogP contribution in [-0.4, -0.2) is 14.7 Å². The Morgan fingerprint density at radius 3 is 2.67 bits per heavy atom. The number of hydrogen-bond donors (Lipinski definition) is 2. The molecule has 3 aromatic rings. The van der Waals surface area contributed by atoms with Gasteiger partial charge < -0.3 is 11.1 Å². The number of nitrogens with one attached hydrogen (secondary N) is 1. The molecular weight excluding hydrogens is 308 g/mol. The van der Waals surface area contributed by atoms with E-state index in [0.717, 1.165) is 17.3 Å². The van der Waals surface area contributed by atoms with Crippen LogP contribution in [0, 0.1) is 0 Å². The zero-order valence-corrected chi connectivity index (χ0v) is 12.4. The number of nitrogens with two attached hydrogens (primary N) is 1. The molecule has 0 unspecified atom stereocenters. The van der Waals surface area contributed by atoms with Gasteiger partial charge in [-0.15, -0.1) is 0 Å². The zero-order chi connectivity index (χ0) is 14.8. The Balaban J connectivity index is 1.92. The van der Waals surface area contributed by atoms with Crippen LogP contribution < -0.4 is 11.1 Å². The molecule has 3 rings (SSSR count). The summed E-state index contributed by atoms with van der Waals surface area (Å²) in [7, 11) is 0. The maximum atomic E-state index is 12.3. The first-order chi connectivity index (χ1) is 10.2. The number of carbonyl (C=O) groups excluding carboxylic acids is 1. The van der Waals surface area contributed by atoms with Gasteiger partial charge in [0.15, 0.2) is 0 Å². The molecule has 106 valence electrons. The monoisotopic (exact) mass is 318 g/mol. The fourth-order valence-corrected chi connectivity index (χ4v) is 2.67. The highest BCUT2D eigenvalue weighted by Crippen LogP contribution is 2.30. The number of amides is 1. The fraction of sp³-hybridized carbons (Fsp3) is 0.0714. The topological polar surface area (TPSA) is 80.9 Å². The highest BCUT2D eigenvalue weighted by molar-refractivity contribution is 7.00. The second-order valence-electron chi connectivity index (χ2n) is 4.41. The molecule has 5 nitrogen and oxygen atoms in total. The van der Waals surface area contributed by atoms with Gasteiger partial charge >= 0.3 is 0 Å². The van der Waals surface area contributed by atoms with Crippen molar-refractivity contribution in [3.63, 3.8) is 0 Å². The molecule has 0 aliphatic heterocycles. The van der Waals surface area contributed by atoms with E-state index in [2.05, 4.69) is 14.1 Å². The number of benzene rings is 2. The molecule has 1 aromatic heterocycles. The number of anilines is 1. The number of carbonyl (C=O) groups is 1. The summed E-state index contributed by atoms with van der Waals surface area (Å²) >= 11 is 7.22. The normalized spacial score (nSPS) is 10.8. The number of rotatable bonds is 3. The molecule has 3 N–H and O–H groups in total. The molecular formula is C14H11ClN4OS. The van der Waals surface area contributed by atoms with Crippen molar-refractivity contribution in [1.82, 2.24) is 8.75 Å². The highest BCUT2D eigenvalue weighted by Gasteiger charge is 2.14. The lowest BCUT2D eigenvalue weighted by atomic mass is 10.1. The third-order valence-electron chi connectivity index (χ3n) is 3.07. The van der Waals surface area contributed by atoms with Crippen LogP contribution in [0.1, 0.15) is 15.9 Å². The van der Waals surface area contributed by atoms with Crippen LogP contribution in [0.3, 0.4) is 0 Å². The van der Waals surface area contributed by atoms with Crippen molar-refractivity contribution < 1.29 is 4.79 Å². The summed E-state index contributed by atoms with van der Waals surface area (Å²) < 4.78 is 8.30. The van der Waals surface area contributed by atoms with E-state index in [1.165, 1.54) is 0 Å². The molecule has 1 heterocycles. The van der Waals surface area contributed by atoms with Crippen molar-refractivity contribution in [3.8, 4) is 0 Å². The molecule has 0 aliphatic rings. The standard InChI is InChI=1S/C14H11ClN4OS/c15-10-5-6-11-13(19-21-18-11)12(10)17-14(20)9-3-1-8(7-16)2-4-9/h1-6H,7,16H2,(H,17,20). The van der Waals surface area contributed by atoms with Crippen LogP contribution in [0.2, 0.25) is 5.02 Å². The molecule has 21 heavy (non-hydrogen) atoms. The summed E-state index contributed by atoms with van der Waals surface area (Å²) in [6.07, 6.45) is 0. The van der Waals surface area contributed by atoms with Crippen LogP contribution in [0.4, 0.5) is 5.69 Å². The summed E-state index contributed by atoms with van der Waals surface area (Å²) in [6, 6.07) is 10.6. The van der Waals surface area contributed by atoms with Gasteiger partial charge in [-0.2, -0.15) is 8.75 Å². The van der Waals surface area contributed by atoms with Gasteiger partial charge in [-0.25, -0.2) is 0 Å². The number of hydrogen-bond acceptors (Lipinski definition) is 5. The van der Waals surface area contributed by atoms with Crippen LogP contribution in [0.5, 0.6) is 0 Å². The van der Waals surface area contributed by atoms with Gasteiger partial charge in [0.2, 0.25) is 0 Å². The molecule has 7 heteroatoms. The van der Waals surface area contributed by atoms with Crippen LogP contribution in [-0.2, 0) is 6.54 Å². The molecule has 2 aromatic carbocycles. The minimum atomic E-state index is -0.249. The van der Waals surface area contributed by atoms with E-state index >= 15 is 0 Å². The predicted octanol–water partition coefficient (Wildman–Crippen LogP) is 3.06. The first-order valence-electron chi connectivity index (χ1n) is 6.20. The lowest BCUT2D eigenvalue weighted by molar-refractivity contribution is 0.102. The van der Waals surface area contributed by atoms with Crippen molar-refractivity contribution in [2.75, 3.05) is 5.32 Å². The number of aromatic nitrogens is 2. The second-order valence-corrected chi connectivity index (χ2v) is 5.35. The average Bonchev–Trinajstić information content (AvgIpc) is 2.99. The minimum Gasteiger partial charge on any atom is -0.326 e. The van der Waals surface area contributed by atoms with Gasteiger partial charge in [-0.3, -0.25) is 4.79 Å². The summed E-state index contributed by atoms with van der Waals surface area (Å²) in [5.41, 5.74) is 8.82. The van der Waals surface area contributed by atoms with Gasteiger partial charge in [-0.1, -0.05) is 23.7 Å². The van der Waals surface area contributed by atoms with Crippen molar-refractivity contribution >= 4 is 46.0 Å². The van der Waals surface area contributed by atoms with E-state index in [1.807, 2.05) is 12.1 Å². The maximum Gasteiger partial charge on any atom is 0.255 e. The van der Waals surface area contributed by atoms with E-state index in [4.69, 9.17) is 17.3 Å². The molecule has 0 atom stereocenters. The zero-order valence-electron chi connectivity index (χ0n) is 10.8. The van der Waals surface area contributed by atoms with Crippen molar-refractivity contribution in [2.45, 2.75) is 6.54 Å². The van der Waals surface area contributed by atoms with Gasteiger partial charge in [0.1, 0.15) is 11.0 Å². The second kappa shape index (κ2) is 5.77. The Morgan fingerprint density at radius 1 is 1.19 bits per heavy atom. The summed E-state index contributed by atoms with van der Waals surface area (Å²) in [5, 5.41) is 3.23. The molecule has 0 saturated carbocycles. The number of nitrogens with zero attached hydrogens (tertiary/aromatic N) is 2. The largest absolute Gasteiger partial charge is 0.326 e. The first kappa shape index (κ1) is 13.9. The van der Waals surface area contributed by atoms with Crippen molar-refractivity contribution in [2.24, 2.45) is 5.73 Å². The highest BCUT2D eigenvalue weighted by atomic mass is 35.5. The Hall–Kier alpha value is -2.02. The minimum absolute atomic E-state index is 0.249. The molecule has 0 radical (unpaired) electrons. The summed E-state index contributed by atoms with van der Waals surface area (Å²) in [6.45, 7) is 0.442. The van der Waals surface area contributed by atoms with Crippen LogP contribution in [0.25, 0.3) is 11.0 Å². The van der Waals surface area contributed by atoms with Gasteiger partial charge in [0, 0.05) is 12.1 Å². The summed E-state index contributed by atoms with van der Waals surface area (Å²) in [4.78, 5) is 12.3. The number of halogens is 1. The molecule has 0 saturated heterocycles. The van der Waals surface area contributed by atoms with Crippen LogP contribution in [0.15, 0.2) is 36.4 Å². The SMILES string of the molecule is NCc1ccc(C(=O)Nc2c(Cl)ccc3nsnc23)cc1.